The summed E-state index contributed by atoms with van der Waals surface area (Å²) in [5, 5.41) is 4.09. The van der Waals surface area contributed by atoms with E-state index < -0.39 is 0 Å². The molecule has 0 aromatic heterocycles. The number of anilines is 1. The van der Waals surface area contributed by atoms with Crippen molar-refractivity contribution in [2.75, 3.05) is 12.4 Å². The Morgan fingerprint density at radius 3 is 2.59 bits per heavy atom. The maximum absolute atomic E-state index is 5.83. The van der Waals surface area contributed by atoms with Crippen LogP contribution in [0.5, 0.6) is 5.75 Å². The van der Waals surface area contributed by atoms with Gasteiger partial charge in [-0.05, 0) is 29.8 Å². The van der Waals surface area contributed by atoms with E-state index in [1.165, 1.54) is 5.56 Å². The van der Waals surface area contributed by atoms with Crippen molar-refractivity contribution in [1.82, 2.24) is 0 Å². The molecular weight excluding hydrogens is 234 g/mol. The van der Waals surface area contributed by atoms with Crippen molar-refractivity contribution in [2.24, 2.45) is 0 Å². The molecule has 0 amide bonds. The van der Waals surface area contributed by atoms with Gasteiger partial charge in [-0.1, -0.05) is 29.8 Å². The Hall–Kier alpha value is -1.67. The molecule has 2 rings (SSSR count). The van der Waals surface area contributed by atoms with Gasteiger partial charge in [0.15, 0.2) is 0 Å². The predicted octanol–water partition coefficient (Wildman–Crippen LogP) is 3.96. The maximum Gasteiger partial charge on any atom is 0.120 e. The highest BCUT2D eigenvalue weighted by molar-refractivity contribution is 6.30. The highest BCUT2D eigenvalue weighted by atomic mass is 35.5. The molecular formula is C14H14ClNO. The van der Waals surface area contributed by atoms with Crippen LogP contribution in [0.15, 0.2) is 48.5 Å². The van der Waals surface area contributed by atoms with Crippen LogP contribution >= 0.6 is 11.6 Å². The molecule has 2 aromatic rings. The summed E-state index contributed by atoms with van der Waals surface area (Å²) in [6, 6.07) is 15.7. The molecule has 0 aliphatic carbocycles. The van der Waals surface area contributed by atoms with Crippen molar-refractivity contribution in [3.63, 3.8) is 0 Å². The minimum atomic E-state index is 0.759. The molecule has 0 aliphatic rings. The molecule has 0 radical (unpaired) electrons. The Kier molecular flexibility index (Phi) is 3.89. The van der Waals surface area contributed by atoms with Gasteiger partial charge >= 0.3 is 0 Å². The Bertz CT molecular complexity index is 482. The number of ether oxygens (including phenoxy) is 1. The lowest BCUT2D eigenvalue weighted by molar-refractivity contribution is 0.415. The van der Waals surface area contributed by atoms with E-state index in [2.05, 4.69) is 5.32 Å². The smallest absolute Gasteiger partial charge is 0.120 e. The Balaban J connectivity index is 1.99. The number of benzene rings is 2. The fourth-order valence-electron chi connectivity index (χ4n) is 1.54. The summed E-state index contributed by atoms with van der Waals surface area (Å²) < 4.78 is 5.17. The second-order valence-electron chi connectivity index (χ2n) is 3.71. The molecule has 0 saturated heterocycles. The van der Waals surface area contributed by atoms with Gasteiger partial charge in [-0.15, -0.1) is 0 Å². The molecule has 0 atom stereocenters. The lowest BCUT2D eigenvalue weighted by Gasteiger charge is -2.08. The highest BCUT2D eigenvalue weighted by Crippen LogP contribution is 2.17. The standard InChI is InChI=1S/C14H14ClNO/c1-17-14-4-2-3-13(9-14)16-10-11-5-7-12(15)8-6-11/h2-9,16H,10H2,1H3. The van der Waals surface area contributed by atoms with Crippen LogP contribution < -0.4 is 10.1 Å². The SMILES string of the molecule is COc1cccc(NCc2ccc(Cl)cc2)c1. The van der Waals surface area contributed by atoms with Gasteiger partial charge in [-0.25, -0.2) is 0 Å². The van der Waals surface area contributed by atoms with E-state index in [4.69, 9.17) is 16.3 Å². The first-order valence-electron chi connectivity index (χ1n) is 5.40. The molecule has 2 nitrogen and oxygen atoms in total. The molecule has 0 aliphatic heterocycles. The summed E-state index contributed by atoms with van der Waals surface area (Å²) in [4.78, 5) is 0. The van der Waals surface area contributed by atoms with Crippen LogP contribution in [-0.2, 0) is 6.54 Å². The fourth-order valence-corrected chi connectivity index (χ4v) is 1.67. The first kappa shape index (κ1) is 11.8. The predicted molar refractivity (Wildman–Crippen MR) is 71.8 cm³/mol. The van der Waals surface area contributed by atoms with E-state index in [0.717, 1.165) is 23.0 Å². The van der Waals surface area contributed by atoms with Crippen molar-refractivity contribution in [3.8, 4) is 5.75 Å². The Morgan fingerprint density at radius 2 is 1.88 bits per heavy atom. The number of nitrogens with one attached hydrogen (secondary N) is 1. The Morgan fingerprint density at radius 1 is 1.12 bits per heavy atom. The van der Waals surface area contributed by atoms with E-state index in [-0.39, 0.29) is 0 Å². The van der Waals surface area contributed by atoms with Crippen LogP contribution in [0.25, 0.3) is 0 Å². The van der Waals surface area contributed by atoms with Crippen LogP contribution in [0, 0.1) is 0 Å². The Labute approximate surface area is 106 Å². The molecule has 3 heteroatoms. The third-order valence-electron chi connectivity index (χ3n) is 2.48. The van der Waals surface area contributed by atoms with Gasteiger partial charge < -0.3 is 10.1 Å². The minimum absolute atomic E-state index is 0.759. The summed E-state index contributed by atoms with van der Waals surface area (Å²) in [5.74, 6) is 0.853. The largest absolute Gasteiger partial charge is 0.497 e. The average molecular weight is 248 g/mol. The molecule has 1 N–H and O–H groups in total. The molecule has 17 heavy (non-hydrogen) atoms. The van der Waals surface area contributed by atoms with Gasteiger partial charge in [0.05, 0.1) is 7.11 Å². The molecule has 2 aromatic carbocycles. The maximum atomic E-state index is 5.83. The first-order valence-corrected chi connectivity index (χ1v) is 5.78. The lowest BCUT2D eigenvalue weighted by Crippen LogP contribution is -1.99. The number of methoxy groups -OCH3 is 1. The summed E-state index contributed by atoms with van der Waals surface area (Å²) in [6.07, 6.45) is 0. The topological polar surface area (TPSA) is 21.3 Å². The normalized spacial score (nSPS) is 10.0. The van der Waals surface area contributed by atoms with Crippen LogP contribution in [-0.4, -0.2) is 7.11 Å². The van der Waals surface area contributed by atoms with Gasteiger partial charge in [-0.2, -0.15) is 0 Å². The number of hydrogen-bond donors (Lipinski definition) is 1. The fraction of sp³-hybridized carbons (Fsp3) is 0.143. The third-order valence-corrected chi connectivity index (χ3v) is 2.73. The molecule has 0 unspecified atom stereocenters. The molecule has 88 valence electrons. The minimum Gasteiger partial charge on any atom is -0.497 e. The van der Waals surface area contributed by atoms with Crippen molar-refractivity contribution in [2.45, 2.75) is 6.54 Å². The molecule has 0 heterocycles. The summed E-state index contributed by atoms with van der Waals surface area (Å²) in [6.45, 7) is 0.768. The zero-order valence-corrected chi connectivity index (χ0v) is 10.4. The molecule has 0 saturated carbocycles. The van der Waals surface area contributed by atoms with Crippen molar-refractivity contribution in [3.05, 3.63) is 59.1 Å². The zero-order valence-electron chi connectivity index (χ0n) is 9.61. The van der Waals surface area contributed by atoms with Crippen LogP contribution in [0.4, 0.5) is 5.69 Å². The van der Waals surface area contributed by atoms with Gasteiger partial charge in [0.1, 0.15) is 5.75 Å². The van der Waals surface area contributed by atoms with E-state index in [0.29, 0.717) is 0 Å². The quantitative estimate of drug-likeness (QED) is 0.883. The van der Waals surface area contributed by atoms with Crippen LogP contribution in [0.2, 0.25) is 5.02 Å². The number of hydrogen-bond acceptors (Lipinski definition) is 2. The first-order chi connectivity index (χ1) is 8.28. The molecule has 0 spiro atoms. The number of halogens is 1. The van der Waals surface area contributed by atoms with Crippen molar-refractivity contribution >= 4 is 17.3 Å². The average Bonchev–Trinajstić information content (AvgIpc) is 2.38. The lowest BCUT2D eigenvalue weighted by atomic mass is 10.2. The molecule has 0 fully saturated rings. The van der Waals surface area contributed by atoms with E-state index >= 15 is 0 Å². The van der Waals surface area contributed by atoms with Gasteiger partial charge in [0.2, 0.25) is 0 Å². The second-order valence-corrected chi connectivity index (χ2v) is 4.15. The summed E-state index contributed by atoms with van der Waals surface area (Å²) in [7, 11) is 1.66. The number of rotatable bonds is 4. The highest BCUT2D eigenvalue weighted by Gasteiger charge is 1.96. The van der Waals surface area contributed by atoms with Gasteiger partial charge in [0.25, 0.3) is 0 Å². The van der Waals surface area contributed by atoms with Crippen LogP contribution in [0.3, 0.4) is 0 Å². The van der Waals surface area contributed by atoms with Gasteiger partial charge in [0, 0.05) is 23.3 Å². The van der Waals surface area contributed by atoms with Crippen molar-refractivity contribution in [1.29, 1.82) is 0 Å². The molecule has 0 bridgehead atoms. The summed E-state index contributed by atoms with van der Waals surface area (Å²) >= 11 is 5.83. The van der Waals surface area contributed by atoms with Gasteiger partial charge in [-0.3, -0.25) is 0 Å². The van der Waals surface area contributed by atoms with E-state index in [1.54, 1.807) is 7.11 Å². The monoisotopic (exact) mass is 247 g/mol. The van der Waals surface area contributed by atoms with E-state index in [9.17, 15) is 0 Å². The summed E-state index contributed by atoms with van der Waals surface area (Å²) in [5.41, 5.74) is 2.23. The second kappa shape index (κ2) is 5.60. The van der Waals surface area contributed by atoms with E-state index in [1.807, 2.05) is 48.5 Å². The zero-order chi connectivity index (χ0) is 12.1. The third kappa shape index (κ3) is 3.40. The van der Waals surface area contributed by atoms with Crippen LogP contribution in [0.1, 0.15) is 5.56 Å². The van der Waals surface area contributed by atoms with Crippen molar-refractivity contribution < 1.29 is 4.74 Å².